The fourth-order valence-electron chi connectivity index (χ4n) is 9.39. The minimum absolute atomic E-state index is 0.0659. The number of rotatable bonds is 58. The second-order valence-corrected chi connectivity index (χ2v) is 21.3. The molecule has 0 radical (unpaired) electrons. The molecule has 1 atom stereocenters. The Morgan fingerprint density at radius 1 is 0.282 bits per heavy atom. The maximum Gasteiger partial charge on any atom is 0.306 e. The van der Waals surface area contributed by atoms with Crippen LogP contribution in [0.1, 0.15) is 342 Å². The van der Waals surface area contributed by atoms with Gasteiger partial charge in [0.25, 0.3) is 0 Å². The molecule has 0 aromatic rings. The van der Waals surface area contributed by atoms with Crippen molar-refractivity contribution in [2.75, 3.05) is 13.2 Å². The van der Waals surface area contributed by atoms with E-state index in [9.17, 15) is 14.4 Å². The molecule has 0 aromatic carbocycles. The number of unbranched alkanes of at least 4 members (excludes halogenated alkanes) is 41. The molecular weight excluding hydrogens is 877 g/mol. The summed E-state index contributed by atoms with van der Waals surface area (Å²) in [6.45, 7) is 6.65. The van der Waals surface area contributed by atoms with Gasteiger partial charge >= 0.3 is 17.9 Å². The van der Waals surface area contributed by atoms with Crippen LogP contribution >= 0.6 is 0 Å². The van der Waals surface area contributed by atoms with Gasteiger partial charge in [0.2, 0.25) is 0 Å². The van der Waals surface area contributed by atoms with E-state index in [2.05, 4.69) is 57.2 Å². The molecule has 0 fully saturated rings. The second-order valence-electron chi connectivity index (χ2n) is 21.3. The lowest BCUT2D eigenvalue weighted by atomic mass is 10.0. The highest BCUT2D eigenvalue weighted by atomic mass is 16.6. The van der Waals surface area contributed by atoms with Crippen LogP contribution in [0.15, 0.2) is 36.5 Å². The predicted octanol–water partition coefficient (Wildman–Crippen LogP) is 21.2. The lowest BCUT2D eigenvalue weighted by Crippen LogP contribution is -2.30. The largest absolute Gasteiger partial charge is 0.462 e. The Morgan fingerprint density at radius 3 is 0.789 bits per heavy atom. The highest BCUT2D eigenvalue weighted by Gasteiger charge is 2.19. The van der Waals surface area contributed by atoms with E-state index in [1.54, 1.807) is 0 Å². The third-order valence-electron chi connectivity index (χ3n) is 14.1. The minimum atomic E-state index is -0.765. The summed E-state index contributed by atoms with van der Waals surface area (Å²) < 4.78 is 16.9. The molecule has 0 aliphatic carbocycles. The van der Waals surface area contributed by atoms with Gasteiger partial charge in [0.1, 0.15) is 13.2 Å². The number of esters is 3. The van der Waals surface area contributed by atoms with Crippen LogP contribution in [-0.2, 0) is 28.6 Å². The Balaban J connectivity index is 4.04. The molecule has 0 amide bonds. The van der Waals surface area contributed by atoms with Crippen LogP contribution in [-0.4, -0.2) is 37.2 Å². The molecule has 416 valence electrons. The van der Waals surface area contributed by atoms with Crippen LogP contribution in [0.5, 0.6) is 0 Å². The molecule has 0 bridgehead atoms. The summed E-state index contributed by atoms with van der Waals surface area (Å²) in [5, 5.41) is 0. The molecule has 0 aliphatic heterocycles. The maximum atomic E-state index is 12.8. The average Bonchev–Trinajstić information content (AvgIpc) is 3.37. The molecule has 0 aromatic heterocycles. The van der Waals surface area contributed by atoms with E-state index in [0.29, 0.717) is 19.3 Å². The highest BCUT2D eigenvalue weighted by Crippen LogP contribution is 2.17. The van der Waals surface area contributed by atoms with Gasteiger partial charge in [-0.05, 0) is 57.8 Å². The molecule has 71 heavy (non-hydrogen) atoms. The van der Waals surface area contributed by atoms with Crippen molar-refractivity contribution in [3.05, 3.63) is 36.5 Å². The van der Waals surface area contributed by atoms with Crippen molar-refractivity contribution in [1.82, 2.24) is 0 Å². The Labute approximate surface area is 442 Å². The Hall–Kier alpha value is -2.37. The minimum Gasteiger partial charge on any atom is -0.462 e. The van der Waals surface area contributed by atoms with Crippen LogP contribution in [0.25, 0.3) is 0 Å². The fourth-order valence-corrected chi connectivity index (χ4v) is 9.39. The van der Waals surface area contributed by atoms with Crippen molar-refractivity contribution in [1.29, 1.82) is 0 Å². The van der Waals surface area contributed by atoms with Crippen molar-refractivity contribution >= 4 is 17.9 Å². The molecule has 0 heterocycles. The van der Waals surface area contributed by atoms with E-state index in [1.807, 2.05) is 0 Å². The SMILES string of the molecule is CCCCCCC/C=C\C/C=C\C/C=C\CCCCCCCCCCCCCCCCCCC(=O)OCC(COC(=O)CCCCCCCCCCCC)OC(=O)CCCCCCCCCCCCCC. The third-order valence-corrected chi connectivity index (χ3v) is 14.1. The summed E-state index contributed by atoms with van der Waals surface area (Å²) in [7, 11) is 0. The fraction of sp³-hybridized carbons (Fsp3) is 0.862. The number of carbonyl (C=O) groups excluding carboxylic acids is 3. The summed E-state index contributed by atoms with van der Waals surface area (Å²) in [6.07, 6.45) is 73.1. The number of carbonyl (C=O) groups is 3. The lowest BCUT2D eigenvalue weighted by molar-refractivity contribution is -0.167. The molecule has 0 spiro atoms. The van der Waals surface area contributed by atoms with Crippen LogP contribution in [0.4, 0.5) is 0 Å². The number of hydrogen-bond acceptors (Lipinski definition) is 6. The summed E-state index contributed by atoms with van der Waals surface area (Å²) in [6, 6.07) is 0. The van der Waals surface area contributed by atoms with Crippen molar-refractivity contribution in [3.63, 3.8) is 0 Å². The van der Waals surface area contributed by atoms with Gasteiger partial charge in [0, 0.05) is 19.3 Å². The van der Waals surface area contributed by atoms with Crippen LogP contribution < -0.4 is 0 Å². The zero-order chi connectivity index (χ0) is 51.4. The van der Waals surface area contributed by atoms with E-state index in [0.717, 1.165) is 70.6 Å². The molecule has 6 heteroatoms. The predicted molar refractivity (Wildman–Crippen MR) is 307 cm³/mol. The van der Waals surface area contributed by atoms with E-state index in [4.69, 9.17) is 14.2 Å². The Kier molecular flexibility index (Phi) is 58.2. The van der Waals surface area contributed by atoms with Gasteiger partial charge < -0.3 is 14.2 Å². The van der Waals surface area contributed by atoms with E-state index >= 15 is 0 Å². The highest BCUT2D eigenvalue weighted by molar-refractivity contribution is 5.71. The molecule has 0 N–H and O–H groups in total. The van der Waals surface area contributed by atoms with Crippen LogP contribution in [0.3, 0.4) is 0 Å². The van der Waals surface area contributed by atoms with Gasteiger partial charge in [-0.3, -0.25) is 14.4 Å². The molecule has 0 saturated heterocycles. The average molecular weight is 998 g/mol. The van der Waals surface area contributed by atoms with Gasteiger partial charge in [-0.2, -0.15) is 0 Å². The monoisotopic (exact) mass is 997 g/mol. The molecule has 0 saturated carbocycles. The smallest absolute Gasteiger partial charge is 0.306 e. The molecule has 0 aliphatic rings. The van der Waals surface area contributed by atoms with Crippen molar-refractivity contribution in [2.45, 2.75) is 348 Å². The third kappa shape index (κ3) is 58.4. The van der Waals surface area contributed by atoms with Gasteiger partial charge in [0.05, 0.1) is 0 Å². The topological polar surface area (TPSA) is 78.9 Å². The molecule has 0 rings (SSSR count). The first-order valence-electron chi connectivity index (χ1n) is 31.5. The maximum absolute atomic E-state index is 12.8. The summed E-state index contributed by atoms with van der Waals surface area (Å²) in [5.74, 6) is -0.848. The van der Waals surface area contributed by atoms with E-state index in [1.165, 1.54) is 231 Å². The van der Waals surface area contributed by atoms with Crippen LogP contribution in [0, 0.1) is 0 Å². The second kappa shape index (κ2) is 60.2. The number of allylic oxidation sites excluding steroid dienone is 6. The summed E-state index contributed by atoms with van der Waals surface area (Å²) >= 11 is 0. The number of hydrogen-bond donors (Lipinski definition) is 0. The van der Waals surface area contributed by atoms with Gasteiger partial charge in [-0.15, -0.1) is 0 Å². The van der Waals surface area contributed by atoms with Crippen molar-refractivity contribution in [2.24, 2.45) is 0 Å². The van der Waals surface area contributed by atoms with Gasteiger partial charge in [-0.1, -0.05) is 301 Å². The van der Waals surface area contributed by atoms with E-state index in [-0.39, 0.29) is 31.1 Å². The standard InChI is InChI=1S/C65H120O6/c1-4-7-10-13-16-19-22-24-25-26-27-28-29-30-31-32-33-34-35-36-37-38-39-40-41-42-44-46-49-52-55-58-64(67)70-61-62(60-69-63(66)57-54-51-48-45-21-18-15-12-9-6-3)71-65(68)59-56-53-50-47-43-23-20-17-14-11-8-5-2/h22,24,26-27,29-30,62H,4-21,23,25,28,31-61H2,1-3H3/b24-22-,27-26-,30-29-. The first-order valence-corrected chi connectivity index (χ1v) is 31.5. The molecule has 1 unspecified atom stereocenters. The van der Waals surface area contributed by atoms with Gasteiger partial charge in [-0.25, -0.2) is 0 Å². The molecule has 6 nitrogen and oxygen atoms in total. The quantitative estimate of drug-likeness (QED) is 0.0261. The van der Waals surface area contributed by atoms with E-state index < -0.39 is 6.10 Å². The lowest BCUT2D eigenvalue weighted by Gasteiger charge is -2.18. The van der Waals surface area contributed by atoms with Crippen molar-refractivity contribution in [3.8, 4) is 0 Å². The first kappa shape index (κ1) is 68.6. The normalized spacial score (nSPS) is 12.2. The Morgan fingerprint density at radius 2 is 0.507 bits per heavy atom. The van der Waals surface area contributed by atoms with Gasteiger partial charge in [0.15, 0.2) is 6.10 Å². The summed E-state index contributed by atoms with van der Waals surface area (Å²) in [5.41, 5.74) is 0. The zero-order valence-corrected chi connectivity index (χ0v) is 47.8. The van der Waals surface area contributed by atoms with Crippen molar-refractivity contribution < 1.29 is 28.6 Å². The molecular formula is C65H120O6. The summed E-state index contributed by atoms with van der Waals surface area (Å²) in [4.78, 5) is 38.1. The Bertz CT molecular complexity index is 1190. The number of ether oxygens (including phenoxy) is 3. The zero-order valence-electron chi connectivity index (χ0n) is 47.8. The van der Waals surface area contributed by atoms with Crippen LogP contribution in [0.2, 0.25) is 0 Å². The first-order chi connectivity index (χ1) is 35.0.